The summed E-state index contributed by atoms with van der Waals surface area (Å²) in [6, 6.07) is 0. The molecule has 0 unspecified atom stereocenters. The van der Waals surface area contributed by atoms with Crippen molar-refractivity contribution in [2.24, 2.45) is 11.3 Å². The number of hydrogen-bond donors (Lipinski definition) is 0. The highest BCUT2D eigenvalue weighted by atomic mass is 35.5. The minimum Gasteiger partial charge on any atom is -0.126 e. The van der Waals surface area contributed by atoms with E-state index < -0.39 is 0 Å². The topological polar surface area (TPSA) is 0 Å². The van der Waals surface area contributed by atoms with Crippen LogP contribution in [-0.4, -0.2) is 5.88 Å². The van der Waals surface area contributed by atoms with Crippen molar-refractivity contribution in [2.75, 3.05) is 5.88 Å². The van der Waals surface area contributed by atoms with Gasteiger partial charge in [-0.2, -0.15) is 0 Å². The van der Waals surface area contributed by atoms with Crippen LogP contribution in [0.3, 0.4) is 0 Å². The van der Waals surface area contributed by atoms with Crippen molar-refractivity contribution in [2.45, 2.75) is 57.8 Å². The van der Waals surface area contributed by atoms with Crippen LogP contribution in [0.4, 0.5) is 0 Å². The van der Waals surface area contributed by atoms with Gasteiger partial charge >= 0.3 is 0 Å². The molecule has 0 radical (unpaired) electrons. The van der Waals surface area contributed by atoms with Crippen molar-refractivity contribution in [1.82, 2.24) is 0 Å². The van der Waals surface area contributed by atoms with Crippen LogP contribution in [0.2, 0.25) is 0 Å². The standard InChI is InChI=1S/C12H21Cl/c13-10-12(8-4-5-9-12)11-6-2-1-3-7-11/h11H,1-10H2. The normalized spacial score (nSPS) is 29.3. The summed E-state index contributed by atoms with van der Waals surface area (Å²) in [5, 5.41) is 0. The van der Waals surface area contributed by atoms with Gasteiger partial charge in [0, 0.05) is 5.88 Å². The number of hydrogen-bond acceptors (Lipinski definition) is 0. The Labute approximate surface area is 87.0 Å². The van der Waals surface area contributed by atoms with Crippen LogP contribution >= 0.6 is 11.6 Å². The molecule has 13 heavy (non-hydrogen) atoms. The molecule has 2 aliphatic rings. The molecular formula is C12H21Cl. The van der Waals surface area contributed by atoms with E-state index >= 15 is 0 Å². The molecule has 0 saturated heterocycles. The first kappa shape index (κ1) is 9.83. The maximum atomic E-state index is 6.20. The monoisotopic (exact) mass is 200 g/mol. The van der Waals surface area contributed by atoms with Crippen molar-refractivity contribution in [1.29, 1.82) is 0 Å². The highest BCUT2D eigenvalue weighted by Crippen LogP contribution is 2.50. The Hall–Kier alpha value is 0.290. The summed E-state index contributed by atoms with van der Waals surface area (Å²) >= 11 is 6.20. The Balaban J connectivity index is 2.01. The van der Waals surface area contributed by atoms with Gasteiger partial charge in [-0.05, 0) is 37.0 Å². The fourth-order valence-electron chi connectivity index (χ4n) is 3.45. The van der Waals surface area contributed by atoms with E-state index in [9.17, 15) is 0 Å². The molecule has 0 spiro atoms. The molecular weight excluding hydrogens is 180 g/mol. The molecule has 0 aliphatic heterocycles. The third-order valence-electron chi connectivity index (χ3n) is 4.34. The zero-order valence-electron chi connectivity index (χ0n) is 8.53. The van der Waals surface area contributed by atoms with Gasteiger partial charge in [-0.3, -0.25) is 0 Å². The summed E-state index contributed by atoms with van der Waals surface area (Å²) in [6.45, 7) is 0. The third kappa shape index (κ3) is 1.88. The van der Waals surface area contributed by atoms with Crippen LogP contribution in [0, 0.1) is 11.3 Å². The molecule has 2 fully saturated rings. The molecule has 0 aromatic rings. The summed E-state index contributed by atoms with van der Waals surface area (Å²) in [4.78, 5) is 0. The van der Waals surface area contributed by atoms with E-state index in [2.05, 4.69) is 0 Å². The lowest BCUT2D eigenvalue weighted by atomic mass is 9.69. The Morgan fingerprint density at radius 1 is 0.923 bits per heavy atom. The van der Waals surface area contributed by atoms with E-state index in [0.717, 1.165) is 11.8 Å². The zero-order chi connectivity index (χ0) is 9.15. The van der Waals surface area contributed by atoms with Crippen molar-refractivity contribution in [3.05, 3.63) is 0 Å². The fraction of sp³-hybridized carbons (Fsp3) is 1.00. The maximum Gasteiger partial charge on any atom is 0.0282 e. The lowest BCUT2D eigenvalue weighted by molar-refractivity contribution is 0.148. The second-order valence-electron chi connectivity index (χ2n) is 5.04. The van der Waals surface area contributed by atoms with Crippen molar-refractivity contribution >= 4 is 11.6 Å². The van der Waals surface area contributed by atoms with Crippen LogP contribution in [0.25, 0.3) is 0 Å². The van der Waals surface area contributed by atoms with Gasteiger partial charge in [0.1, 0.15) is 0 Å². The second-order valence-corrected chi connectivity index (χ2v) is 5.31. The summed E-state index contributed by atoms with van der Waals surface area (Å²) in [5.41, 5.74) is 0.571. The summed E-state index contributed by atoms with van der Waals surface area (Å²) in [5.74, 6) is 1.90. The van der Waals surface area contributed by atoms with E-state index in [0.29, 0.717) is 5.41 Å². The smallest absolute Gasteiger partial charge is 0.0282 e. The van der Waals surface area contributed by atoms with Gasteiger partial charge in [0.2, 0.25) is 0 Å². The van der Waals surface area contributed by atoms with Crippen molar-refractivity contribution < 1.29 is 0 Å². The quantitative estimate of drug-likeness (QED) is 0.581. The molecule has 2 rings (SSSR count). The van der Waals surface area contributed by atoms with Gasteiger partial charge < -0.3 is 0 Å². The summed E-state index contributed by atoms with van der Waals surface area (Å²) < 4.78 is 0. The Bertz CT molecular complexity index is 153. The Kier molecular flexibility index (Phi) is 3.18. The van der Waals surface area contributed by atoms with Gasteiger partial charge in [0.05, 0.1) is 0 Å². The van der Waals surface area contributed by atoms with E-state index in [1.807, 2.05) is 0 Å². The Morgan fingerprint density at radius 3 is 2.08 bits per heavy atom. The molecule has 76 valence electrons. The highest BCUT2D eigenvalue weighted by molar-refractivity contribution is 6.18. The first-order chi connectivity index (χ1) is 6.37. The molecule has 0 nitrogen and oxygen atoms in total. The van der Waals surface area contributed by atoms with Crippen molar-refractivity contribution in [3.8, 4) is 0 Å². The van der Waals surface area contributed by atoms with E-state index in [-0.39, 0.29) is 0 Å². The number of alkyl halides is 1. The molecule has 2 saturated carbocycles. The van der Waals surface area contributed by atoms with Crippen LogP contribution in [0.1, 0.15) is 57.8 Å². The van der Waals surface area contributed by atoms with Crippen molar-refractivity contribution in [3.63, 3.8) is 0 Å². The van der Waals surface area contributed by atoms with Crippen LogP contribution in [-0.2, 0) is 0 Å². The largest absolute Gasteiger partial charge is 0.126 e. The number of rotatable bonds is 2. The predicted molar refractivity (Wildman–Crippen MR) is 58.2 cm³/mol. The average molecular weight is 201 g/mol. The van der Waals surface area contributed by atoms with Gasteiger partial charge in [-0.15, -0.1) is 11.6 Å². The number of halogens is 1. The predicted octanol–water partition coefficient (Wildman–Crippen LogP) is 4.37. The molecule has 0 amide bonds. The molecule has 2 aliphatic carbocycles. The van der Waals surface area contributed by atoms with Crippen LogP contribution < -0.4 is 0 Å². The maximum absolute atomic E-state index is 6.20. The van der Waals surface area contributed by atoms with Gasteiger partial charge in [-0.1, -0.05) is 32.1 Å². The van der Waals surface area contributed by atoms with E-state index in [1.54, 1.807) is 0 Å². The van der Waals surface area contributed by atoms with Crippen LogP contribution in [0.15, 0.2) is 0 Å². The average Bonchev–Trinajstić information content (AvgIpc) is 2.69. The molecule has 0 aromatic heterocycles. The molecule has 1 heteroatoms. The minimum atomic E-state index is 0.571. The second kappa shape index (κ2) is 4.21. The minimum absolute atomic E-state index is 0.571. The van der Waals surface area contributed by atoms with E-state index in [1.165, 1.54) is 57.8 Å². The molecule has 0 N–H and O–H groups in total. The SMILES string of the molecule is ClCC1(C2CCCCC2)CCCC1. The lowest BCUT2D eigenvalue weighted by Gasteiger charge is -2.38. The lowest BCUT2D eigenvalue weighted by Crippen LogP contribution is -2.31. The fourth-order valence-corrected chi connectivity index (χ4v) is 3.93. The third-order valence-corrected chi connectivity index (χ3v) is 4.87. The first-order valence-corrected chi connectivity index (χ1v) is 6.47. The van der Waals surface area contributed by atoms with E-state index in [4.69, 9.17) is 11.6 Å². The zero-order valence-corrected chi connectivity index (χ0v) is 9.28. The molecule has 0 heterocycles. The summed E-state index contributed by atoms with van der Waals surface area (Å²) in [7, 11) is 0. The molecule has 0 aromatic carbocycles. The van der Waals surface area contributed by atoms with Gasteiger partial charge in [0.15, 0.2) is 0 Å². The van der Waals surface area contributed by atoms with Gasteiger partial charge in [0.25, 0.3) is 0 Å². The molecule has 0 bridgehead atoms. The van der Waals surface area contributed by atoms with Gasteiger partial charge in [-0.25, -0.2) is 0 Å². The summed E-state index contributed by atoms with van der Waals surface area (Å²) in [6.07, 6.45) is 13.0. The molecule has 0 atom stereocenters. The first-order valence-electron chi connectivity index (χ1n) is 5.93. The van der Waals surface area contributed by atoms with Crippen LogP contribution in [0.5, 0.6) is 0 Å². The Morgan fingerprint density at radius 2 is 1.54 bits per heavy atom. The highest BCUT2D eigenvalue weighted by Gasteiger charge is 2.40.